The molecule has 0 aromatic heterocycles. The first-order chi connectivity index (χ1) is 6.66. The first kappa shape index (κ1) is 11.5. The van der Waals surface area contributed by atoms with E-state index in [0.717, 1.165) is 38.9 Å². The van der Waals surface area contributed by atoms with E-state index >= 15 is 0 Å². The predicted octanol–water partition coefficient (Wildman–Crippen LogP) is 1.24. The van der Waals surface area contributed by atoms with Gasteiger partial charge in [0.15, 0.2) is 0 Å². The maximum atomic E-state index is 12.2. The summed E-state index contributed by atoms with van der Waals surface area (Å²) in [6.45, 7) is 6.84. The van der Waals surface area contributed by atoms with Gasteiger partial charge in [0.25, 0.3) is 0 Å². The van der Waals surface area contributed by atoms with Crippen molar-refractivity contribution < 1.29 is 4.79 Å². The van der Waals surface area contributed by atoms with Crippen LogP contribution in [0.15, 0.2) is 0 Å². The molecule has 1 N–H and O–H groups in total. The van der Waals surface area contributed by atoms with Crippen molar-refractivity contribution in [2.75, 3.05) is 26.7 Å². The lowest BCUT2D eigenvalue weighted by molar-refractivity contribution is -0.140. The Morgan fingerprint density at radius 2 is 2.21 bits per heavy atom. The molecule has 1 saturated heterocycles. The molecular formula is C11H22N2O. The molecule has 0 aromatic rings. The van der Waals surface area contributed by atoms with E-state index in [-0.39, 0.29) is 5.41 Å². The van der Waals surface area contributed by atoms with Gasteiger partial charge in [-0.05, 0) is 26.3 Å². The van der Waals surface area contributed by atoms with Crippen LogP contribution in [0.1, 0.15) is 33.1 Å². The van der Waals surface area contributed by atoms with Crippen LogP contribution in [-0.4, -0.2) is 37.5 Å². The highest BCUT2D eigenvalue weighted by Crippen LogP contribution is 2.32. The van der Waals surface area contributed by atoms with Gasteiger partial charge in [0.2, 0.25) is 5.91 Å². The van der Waals surface area contributed by atoms with E-state index in [1.165, 1.54) is 0 Å². The minimum absolute atomic E-state index is 0.0977. The highest BCUT2D eigenvalue weighted by atomic mass is 16.2. The quantitative estimate of drug-likeness (QED) is 0.737. The van der Waals surface area contributed by atoms with Gasteiger partial charge in [-0.1, -0.05) is 13.3 Å². The molecule has 82 valence electrons. The minimum atomic E-state index is -0.0977. The molecule has 14 heavy (non-hydrogen) atoms. The Morgan fingerprint density at radius 3 is 2.64 bits per heavy atom. The Hall–Kier alpha value is -0.570. The number of hydrogen-bond acceptors (Lipinski definition) is 2. The average molecular weight is 198 g/mol. The fraction of sp³-hybridized carbons (Fsp3) is 0.909. The van der Waals surface area contributed by atoms with Gasteiger partial charge in [-0.25, -0.2) is 0 Å². The number of hydrogen-bond donors (Lipinski definition) is 1. The van der Waals surface area contributed by atoms with Crippen LogP contribution < -0.4 is 5.32 Å². The van der Waals surface area contributed by atoms with Crippen molar-refractivity contribution in [1.82, 2.24) is 10.2 Å². The number of amides is 1. The van der Waals surface area contributed by atoms with Crippen LogP contribution in [0.3, 0.4) is 0 Å². The van der Waals surface area contributed by atoms with Crippen molar-refractivity contribution in [3.05, 3.63) is 0 Å². The van der Waals surface area contributed by atoms with E-state index in [9.17, 15) is 4.79 Å². The average Bonchev–Trinajstić information content (AvgIpc) is 2.66. The summed E-state index contributed by atoms with van der Waals surface area (Å²) in [4.78, 5) is 14.0. The smallest absolute Gasteiger partial charge is 0.229 e. The molecule has 1 atom stereocenters. The molecule has 0 aromatic carbocycles. The van der Waals surface area contributed by atoms with Crippen LogP contribution in [0.4, 0.5) is 0 Å². The van der Waals surface area contributed by atoms with Gasteiger partial charge in [0.05, 0.1) is 5.41 Å². The van der Waals surface area contributed by atoms with Crippen LogP contribution in [0.25, 0.3) is 0 Å². The molecule has 1 aliphatic rings. The summed E-state index contributed by atoms with van der Waals surface area (Å²) >= 11 is 0. The second-order valence-electron chi connectivity index (χ2n) is 4.28. The van der Waals surface area contributed by atoms with Crippen molar-refractivity contribution in [2.24, 2.45) is 5.41 Å². The molecule has 3 nitrogen and oxygen atoms in total. The standard InChI is InChI=1S/C11H22N2O/c1-4-6-11(7-8-12-9-11)10(14)13(3)5-2/h12H,4-9H2,1-3H3. The Labute approximate surface area is 86.9 Å². The number of nitrogens with zero attached hydrogens (tertiary/aromatic N) is 1. The highest BCUT2D eigenvalue weighted by Gasteiger charge is 2.41. The number of nitrogens with one attached hydrogen (secondary N) is 1. The van der Waals surface area contributed by atoms with E-state index in [1.807, 2.05) is 18.9 Å². The lowest BCUT2D eigenvalue weighted by Crippen LogP contribution is -2.43. The molecule has 0 spiro atoms. The predicted molar refractivity (Wildman–Crippen MR) is 58.1 cm³/mol. The summed E-state index contributed by atoms with van der Waals surface area (Å²) in [6, 6.07) is 0. The molecule has 0 aliphatic carbocycles. The molecule has 1 amide bonds. The van der Waals surface area contributed by atoms with E-state index < -0.39 is 0 Å². The zero-order valence-electron chi connectivity index (χ0n) is 9.60. The first-order valence-electron chi connectivity index (χ1n) is 5.62. The third kappa shape index (κ3) is 2.08. The van der Waals surface area contributed by atoms with Crippen LogP contribution in [0.2, 0.25) is 0 Å². The minimum Gasteiger partial charge on any atom is -0.346 e. The molecule has 0 saturated carbocycles. The Morgan fingerprint density at radius 1 is 1.50 bits per heavy atom. The molecule has 1 fully saturated rings. The van der Waals surface area contributed by atoms with Crippen molar-refractivity contribution >= 4 is 5.91 Å². The summed E-state index contributed by atoms with van der Waals surface area (Å²) in [5, 5.41) is 3.31. The molecule has 1 unspecified atom stereocenters. The Balaban J connectivity index is 2.71. The maximum absolute atomic E-state index is 12.2. The second kappa shape index (κ2) is 4.78. The largest absolute Gasteiger partial charge is 0.346 e. The van der Waals surface area contributed by atoms with Crippen LogP contribution in [0, 0.1) is 5.41 Å². The monoisotopic (exact) mass is 198 g/mol. The fourth-order valence-electron chi connectivity index (χ4n) is 2.27. The van der Waals surface area contributed by atoms with Crippen molar-refractivity contribution in [1.29, 1.82) is 0 Å². The topological polar surface area (TPSA) is 32.3 Å². The first-order valence-corrected chi connectivity index (χ1v) is 5.62. The summed E-state index contributed by atoms with van der Waals surface area (Å²) in [7, 11) is 1.90. The number of rotatable bonds is 4. The lowest BCUT2D eigenvalue weighted by Gasteiger charge is -2.31. The Bertz CT molecular complexity index is 197. The van der Waals surface area contributed by atoms with Gasteiger partial charge in [-0.15, -0.1) is 0 Å². The van der Waals surface area contributed by atoms with Crippen molar-refractivity contribution in [2.45, 2.75) is 33.1 Å². The third-order valence-electron chi connectivity index (χ3n) is 3.25. The molecule has 0 radical (unpaired) electrons. The maximum Gasteiger partial charge on any atom is 0.229 e. The van der Waals surface area contributed by atoms with Crippen molar-refractivity contribution in [3.63, 3.8) is 0 Å². The SMILES string of the molecule is CCCC1(C(=O)N(C)CC)CCNC1. The van der Waals surface area contributed by atoms with Gasteiger partial charge in [-0.2, -0.15) is 0 Å². The third-order valence-corrected chi connectivity index (χ3v) is 3.25. The van der Waals surface area contributed by atoms with Crippen LogP contribution in [-0.2, 0) is 4.79 Å². The summed E-state index contributed by atoms with van der Waals surface area (Å²) in [5.74, 6) is 0.326. The van der Waals surface area contributed by atoms with Crippen LogP contribution >= 0.6 is 0 Å². The molecule has 0 bridgehead atoms. The normalized spacial score (nSPS) is 26.5. The second-order valence-corrected chi connectivity index (χ2v) is 4.28. The summed E-state index contributed by atoms with van der Waals surface area (Å²) in [5.41, 5.74) is -0.0977. The lowest BCUT2D eigenvalue weighted by atomic mass is 9.81. The van der Waals surface area contributed by atoms with E-state index in [2.05, 4.69) is 12.2 Å². The van der Waals surface area contributed by atoms with E-state index in [0.29, 0.717) is 5.91 Å². The fourth-order valence-corrected chi connectivity index (χ4v) is 2.27. The van der Waals surface area contributed by atoms with Crippen molar-refractivity contribution in [3.8, 4) is 0 Å². The highest BCUT2D eigenvalue weighted by molar-refractivity contribution is 5.83. The number of carbonyl (C=O) groups is 1. The zero-order chi connectivity index (χ0) is 10.6. The van der Waals surface area contributed by atoms with E-state index in [4.69, 9.17) is 0 Å². The van der Waals surface area contributed by atoms with Gasteiger partial charge in [0.1, 0.15) is 0 Å². The molecule has 1 aliphatic heterocycles. The molecule has 3 heteroatoms. The van der Waals surface area contributed by atoms with Gasteiger partial charge in [0, 0.05) is 20.1 Å². The summed E-state index contributed by atoms with van der Waals surface area (Å²) < 4.78 is 0. The summed E-state index contributed by atoms with van der Waals surface area (Å²) in [6.07, 6.45) is 3.11. The van der Waals surface area contributed by atoms with Gasteiger partial charge < -0.3 is 10.2 Å². The van der Waals surface area contributed by atoms with E-state index in [1.54, 1.807) is 0 Å². The molecular weight excluding hydrogens is 176 g/mol. The number of carbonyl (C=O) groups excluding carboxylic acids is 1. The molecule has 1 heterocycles. The molecule has 1 rings (SSSR count). The van der Waals surface area contributed by atoms with Crippen LogP contribution in [0.5, 0.6) is 0 Å². The van der Waals surface area contributed by atoms with Gasteiger partial charge in [-0.3, -0.25) is 4.79 Å². The Kier molecular flexibility index (Phi) is 3.93. The zero-order valence-corrected chi connectivity index (χ0v) is 9.60. The van der Waals surface area contributed by atoms with Gasteiger partial charge >= 0.3 is 0 Å².